The van der Waals surface area contributed by atoms with Crippen LogP contribution in [-0.2, 0) is 10.3 Å². The Morgan fingerprint density at radius 3 is 2.18 bits per heavy atom. The summed E-state index contributed by atoms with van der Waals surface area (Å²) in [6.07, 6.45) is 2.12. The Labute approximate surface area is 85.0 Å². The zero-order valence-electron chi connectivity index (χ0n) is 4.71. The van der Waals surface area contributed by atoms with Gasteiger partial charge >= 0.3 is 39.9 Å². The van der Waals surface area contributed by atoms with Crippen molar-refractivity contribution in [3.63, 3.8) is 0 Å². The molecular formula is C2H5N4NaO3S. The van der Waals surface area contributed by atoms with Crippen molar-refractivity contribution < 1.29 is 12.7 Å². The van der Waals surface area contributed by atoms with Gasteiger partial charge in [0.1, 0.15) is 0 Å². The Bertz CT molecular complexity index is 293. The third-order valence-electron chi connectivity index (χ3n) is 0.588. The van der Waals surface area contributed by atoms with Gasteiger partial charge in [0, 0.05) is 0 Å². The average Bonchev–Trinajstić information content (AvgIpc) is 2.12. The average molecular weight is 188 g/mol. The van der Waals surface area contributed by atoms with Gasteiger partial charge in [0.05, 0.1) is 0 Å². The molecule has 1 aromatic rings. The van der Waals surface area contributed by atoms with E-state index in [9.17, 15) is 8.42 Å². The van der Waals surface area contributed by atoms with E-state index in [-0.39, 0.29) is 29.6 Å². The molecule has 0 spiro atoms. The molecule has 0 aliphatic rings. The van der Waals surface area contributed by atoms with E-state index < -0.39 is 10.3 Å². The van der Waals surface area contributed by atoms with Crippen LogP contribution < -0.4 is 9.42 Å². The summed E-state index contributed by atoms with van der Waals surface area (Å²) in [7, 11) is -3.96. The molecule has 0 unspecified atom stereocenters. The molecule has 7 nitrogen and oxygen atoms in total. The van der Waals surface area contributed by atoms with Crippen LogP contribution in [0.5, 0.6) is 0 Å². The third-order valence-corrected chi connectivity index (χ3v) is 0.967. The SMILES string of the molecule is NS(=O)(=O)On1cnnc1.[NaH]. The zero-order valence-corrected chi connectivity index (χ0v) is 5.52. The van der Waals surface area contributed by atoms with Crippen LogP contribution in [0.1, 0.15) is 0 Å². The molecule has 0 aromatic carbocycles. The summed E-state index contributed by atoms with van der Waals surface area (Å²) in [5.41, 5.74) is 0. The second-order valence-corrected chi connectivity index (χ2v) is 2.52. The number of aromatic nitrogens is 3. The van der Waals surface area contributed by atoms with Crippen molar-refractivity contribution in [2.45, 2.75) is 0 Å². The van der Waals surface area contributed by atoms with Gasteiger partial charge in [-0.05, 0) is 0 Å². The minimum atomic E-state index is -3.96. The van der Waals surface area contributed by atoms with Crippen LogP contribution in [-0.4, -0.2) is 52.9 Å². The molecule has 0 radical (unpaired) electrons. The van der Waals surface area contributed by atoms with Gasteiger partial charge < -0.3 is 0 Å². The number of nitrogens with zero attached hydrogens (tertiary/aromatic N) is 3. The van der Waals surface area contributed by atoms with Crippen molar-refractivity contribution in [2.24, 2.45) is 5.14 Å². The Hall–Kier alpha value is -0.150. The Morgan fingerprint density at radius 2 is 1.82 bits per heavy atom. The summed E-state index contributed by atoms with van der Waals surface area (Å²) < 4.78 is 25.2. The minimum absolute atomic E-state index is 0. The van der Waals surface area contributed by atoms with E-state index in [0.29, 0.717) is 0 Å². The fourth-order valence-corrected chi connectivity index (χ4v) is 0.667. The molecule has 0 atom stereocenters. The monoisotopic (exact) mass is 188 g/mol. The fraction of sp³-hybridized carbons (Fsp3) is 0. The van der Waals surface area contributed by atoms with E-state index in [1.54, 1.807) is 0 Å². The van der Waals surface area contributed by atoms with Crippen LogP contribution in [0.25, 0.3) is 0 Å². The van der Waals surface area contributed by atoms with Gasteiger partial charge in [0.25, 0.3) is 0 Å². The number of hydrogen-bond acceptors (Lipinski definition) is 5. The molecule has 2 N–H and O–H groups in total. The first-order chi connectivity index (χ1) is 4.58. The molecule has 11 heavy (non-hydrogen) atoms. The van der Waals surface area contributed by atoms with Gasteiger partial charge in [-0.25, -0.2) is 0 Å². The maximum atomic E-state index is 10.2. The molecule has 0 saturated carbocycles. The van der Waals surface area contributed by atoms with Crippen molar-refractivity contribution in [3.05, 3.63) is 12.7 Å². The van der Waals surface area contributed by atoms with Crippen LogP contribution in [0.3, 0.4) is 0 Å². The third kappa shape index (κ3) is 4.32. The van der Waals surface area contributed by atoms with Gasteiger partial charge in [-0.2, -0.15) is 13.6 Å². The molecule has 58 valence electrons. The van der Waals surface area contributed by atoms with E-state index in [4.69, 9.17) is 0 Å². The standard InChI is InChI=1S/C2H4N4O3S.Na.H/c3-10(7,8)9-6-1-4-5-2-6;;/h1-2H,(H2,3,7,8);;. The molecule has 0 aliphatic carbocycles. The normalized spacial score (nSPS) is 10.3. The van der Waals surface area contributed by atoms with Crippen molar-refractivity contribution in [2.75, 3.05) is 0 Å². The van der Waals surface area contributed by atoms with E-state index in [1.807, 2.05) is 0 Å². The second-order valence-electron chi connectivity index (χ2n) is 1.39. The van der Waals surface area contributed by atoms with Crippen LogP contribution in [0.4, 0.5) is 0 Å². The van der Waals surface area contributed by atoms with Gasteiger partial charge in [-0.3, -0.25) is 4.28 Å². The summed E-state index contributed by atoms with van der Waals surface area (Å²) in [5, 5.41) is 11.0. The first kappa shape index (κ1) is 10.8. The molecule has 9 heteroatoms. The maximum absolute atomic E-state index is 10.2. The quantitative estimate of drug-likeness (QED) is 0.507. The van der Waals surface area contributed by atoms with Crippen LogP contribution in [0.2, 0.25) is 0 Å². The van der Waals surface area contributed by atoms with Crippen molar-refractivity contribution in [1.82, 2.24) is 14.9 Å². The first-order valence-corrected chi connectivity index (χ1v) is 3.62. The first-order valence-electron chi connectivity index (χ1n) is 2.15. The molecule has 1 rings (SSSR count). The summed E-state index contributed by atoms with van der Waals surface area (Å²) in [6, 6.07) is 0. The Morgan fingerprint density at radius 1 is 1.36 bits per heavy atom. The molecule has 1 heterocycles. The molecule has 0 saturated heterocycles. The molecule has 0 amide bonds. The Kier molecular flexibility index (Phi) is 3.97. The summed E-state index contributed by atoms with van der Waals surface area (Å²) >= 11 is 0. The van der Waals surface area contributed by atoms with Crippen LogP contribution in [0.15, 0.2) is 12.7 Å². The molecule has 0 aliphatic heterocycles. The van der Waals surface area contributed by atoms with Crippen molar-refractivity contribution in [1.29, 1.82) is 0 Å². The number of rotatable bonds is 2. The van der Waals surface area contributed by atoms with Gasteiger partial charge in [0.2, 0.25) is 0 Å². The zero-order chi connectivity index (χ0) is 7.61. The summed E-state index contributed by atoms with van der Waals surface area (Å²) in [5.74, 6) is 0. The summed E-state index contributed by atoms with van der Waals surface area (Å²) in [6.45, 7) is 0. The molecular weight excluding hydrogens is 183 g/mol. The van der Waals surface area contributed by atoms with Crippen molar-refractivity contribution >= 4 is 39.9 Å². The second kappa shape index (κ2) is 4.02. The van der Waals surface area contributed by atoms with E-state index in [2.05, 4.69) is 19.6 Å². The topological polar surface area (TPSA) is 100 Å². The van der Waals surface area contributed by atoms with Crippen molar-refractivity contribution in [3.8, 4) is 0 Å². The van der Waals surface area contributed by atoms with E-state index >= 15 is 0 Å². The van der Waals surface area contributed by atoms with Gasteiger partial charge in [0.15, 0.2) is 12.7 Å². The predicted octanol–water partition coefficient (Wildman–Crippen LogP) is -2.74. The number of nitrogens with two attached hydrogens (primary N) is 1. The Balaban J connectivity index is 0.000001000. The number of hydrogen-bond donors (Lipinski definition) is 1. The van der Waals surface area contributed by atoms with Gasteiger partial charge in [-0.1, -0.05) is 0 Å². The molecule has 0 fully saturated rings. The fourth-order valence-electron chi connectivity index (χ4n) is 0.350. The summed E-state index contributed by atoms with van der Waals surface area (Å²) in [4.78, 5) is 0. The molecule has 1 aromatic heterocycles. The van der Waals surface area contributed by atoms with E-state index in [1.165, 1.54) is 0 Å². The van der Waals surface area contributed by atoms with Crippen LogP contribution >= 0.6 is 0 Å². The predicted molar refractivity (Wildman–Crippen MR) is 36.9 cm³/mol. The van der Waals surface area contributed by atoms with Gasteiger partial charge in [-0.15, -0.1) is 14.9 Å². The van der Waals surface area contributed by atoms with E-state index in [0.717, 1.165) is 17.4 Å². The molecule has 0 bridgehead atoms. The van der Waals surface area contributed by atoms with Crippen LogP contribution in [0, 0.1) is 0 Å².